The average molecular weight is 238 g/mol. The lowest BCUT2D eigenvalue weighted by atomic mass is 9.72. The Morgan fingerprint density at radius 1 is 1.06 bits per heavy atom. The summed E-state index contributed by atoms with van der Waals surface area (Å²) in [7, 11) is -0.754. The molecule has 0 fully saturated rings. The molecule has 3 rings (SSSR count). The Hall–Kier alpha value is -2.27. The molecule has 1 aliphatic heterocycles. The first-order valence-electron chi connectivity index (χ1n) is 5.66. The van der Waals surface area contributed by atoms with Crippen LogP contribution in [-0.4, -0.2) is 18.3 Å². The Morgan fingerprint density at radius 3 is 2.72 bits per heavy atom. The first-order valence-corrected chi connectivity index (χ1v) is 5.66. The quantitative estimate of drug-likeness (QED) is 0.770. The Balaban J connectivity index is 1.90. The van der Waals surface area contributed by atoms with E-state index in [0.717, 1.165) is 22.5 Å². The van der Waals surface area contributed by atoms with Crippen LogP contribution in [0.15, 0.2) is 53.6 Å². The van der Waals surface area contributed by atoms with Crippen molar-refractivity contribution in [2.24, 2.45) is 5.10 Å². The lowest BCUT2D eigenvalue weighted by molar-refractivity contribution is 0.482. The molecule has 0 aliphatic carbocycles. The van der Waals surface area contributed by atoms with Gasteiger partial charge in [-0.1, -0.05) is 24.3 Å². The molecule has 0 saturated carbocycles. The topological polar surface area (TPSA) is 53.8 Å². The molecule has 1 heterocycles. The highest BCUT2D eigenvalue weighted by molar-refractivity contribution is 6.65. The lowest BCUT2D eigenvalue weighted by Gasteiger charge is -2.15. The van der Waals surface area contributed by atoms with Gasteiger partial charge in [0.25, 0.3) is 0 Å². The maximum Gasteiger partial charge on any atom is 0.464 e. The molecule has 2 N–H and O–H groups in total. The van der Waals surface area contributed by atoms with Crippen molar-refractivity contribution in [1.82, 2.24) is 5.34 Å². The molecule has 1 aliphatic rings. The van der Waals surface area contributed by atoms with Crippen molar-refractivity contribution in [3.8, 4) is 11.5 Å². The minimum Gasteiger partial charge on any atom is -0.457 e. The zero-order chi connectivity index (χ0) is 12.4. The Labute approximate surface area is 105 Å². The molecule has 0 amide bonds. The number of benzene rings is 2. The minimum absolute atomic E-state index is 0.723. The normalized spacial score (nSPS) is 12.8. The fraction of sp³-hybridized carbons (Fsp3) is 0. The molecule has 0 aromatic heterocycles. The van der Waals surface area contributed by atoms with E-state index in [0.29, 0.717) is 0 Å². The third kappa shape index (κ3) is 2.08. The highest BCUT2D eigenvalue weighted by Crippen LogP contribution is 2.21. The second-order valence-corrected chi connectivity index (χ2v) is 4.00. The van der Waals surface area contributed by atoms with Gasteiger partial charge in [-0.3, -0.25) is 0 Å². The van der Waals surface area contributed by atoms with Crippen LogP contribution < -0.4 is 15.5 Å². The molecule has 2 aromatic carbocycles. The standard InChI is InChI=1S/C13H11BN2O2/c17-14-13-7-6-12(8-10(13)9-15-16-14)18-11-4-2-1-3-5-11/h1-9,16-17H. The van der Waals surface area contributed by atoms with Gasteiger partial charge >= 0.3 is 7.05 Å². The van der Waals surface area contributed by atoms with Crippen molar-refractivity contribution in [3.63, 3.8) is 0 Å². The highest BCUT2D eigenvalue weighted by Gasteiger charge is 2.21. The van der Waals surface area contributed by atoms with Crippen LogP contribution >= 0.6 is 0 Å². The third-order valence-corrected chi connectivity index (χ3v) is 2.73. The van der Waals surface area contributed by atoms with Crippen LogP contribution in [-0.2, 0) is 0 Å². The van der Waals surface area contributed by atoms with Crippen molar-refractivity contribution in [3.05, 3.63) is 54.1 Å². The fourth-order valence-electron chi connectivity index (χ4n) is 1.85. The third-order valence-electron chi connectivity index (χ3n) is 2.73. The highest BCUT2D eigenvalue weighted by atomic mass is 16.5. The second-order valence-electron chi connectivity index (χ2n) is 4.00. The number of hydrazone groups is 1. The average Bonchev–Trinajstić information content (AvgIpc) is 2.40. The van der Waals surface area contributed by atoms with Gasteiger partial charge < -0.3 is 15.1 Å². The van der Waals surface area contributed by atoms with Crippen LogP contribution in [0.5, 0.6) is 11.5 Å². The number of para-hydroxylation sites is 1. The summed E-state index contributed by atoms with van der Waals surface area (Å²) in [6.45, 7) is 0. The molecule has 2 aromatic rings. The maximum atomic E-state index is 9.68. The summed E-state index contributed by atoms with van der Waals surface area (Å²) in [5.74, 6) is 1.50. The zero-order valence-corrected chi connectivity index (χ0v) is 9.58. The van der Waals surface area contributed by atoms with Crippen LogP contribution in [0.4, 0.5) is 0 Å². The van der Waals surface area contributed by atoms with E-state index in [-0.39, 0.29) is 0 Å². The fourth-order valence-corrected chi connectivity index (χ4v) is 1.85. The molecule has 0 radical (unpaired) electrons. The monoisotopic (exact) mass is 238 g/mol. The van der Waals surface area contributed by atoms with Crippen LogP contribution in [0.1, 0.15) is 5.56 Å². The van der Waals surface area contributed by atoms with Crippen LogP contribution in [0.2, 0.25) is 0 Å². The molecule has 18 heavy (non-hydrogen) atoms. The van der Waals surface area contributed by atoms with Crippen LogP contribution in [0.25, 0.3) is 0 Å². The van der Waals surface area contributed by atoms with E-state index < -0.39 is 7.05 Å². The number of nitrogens with zero attached hydrogens (tertiary/aromatic N) is 1. The molecule has 88 valence electrons. The zero-order valence-electron chi connectivity index (χ0n) is 9.58. The Bertz CT molecular complexity index is 587. The molecular formula is C13H11BN2O2. The van der Waals surface area contributed by atoms with Gasteiger partial charge in [-0.15, -0.1) is 0 Å². The van der Waals surface area contributed by atoms with Crippen molar-refractivity contribution < 1.29 is 9.76 Å². The van der Waals surface area contributed by atoms with E-state index in [1.807, 2.05) is 48.5 Å². The van der Waals surface area contributed by atoms with Crippen molar-refractivity contribution in [2.75, 3.05) is 0 Å². The summed E-state index contributed by atoms with van der Waals surface area (Å²) >= 11 is 0. The predicted molar refractivity (Wildman–Crippen MR) is 71.3 cm³/mol. The van der Waals surface area contributed by atoms with Gasteiger partial charge in [-0.2, -0.15) is 5.10 Å². The van der Waals surface area contributed by atoms with Gasteiger partial charge in [0, 0.05) is 0 Å². The van der Waals surface area contributed by atoms with Gasteiger partial charge in [0.05, 0.1) is 6.21 Å². The first-order chi connectivity index (χ1) is 8.83. The van der Waals surface area contributed by atoms with E-state index in [1.54, 1.807) is 6.21 Å². The molecular weight excluding hydrogens is 227 g/mol. The molecule has 0 saturated heterocycles. The van der Waals surface area contributed by atoms with E-state index >= 15 is 0 Å². The van der Waals surface area contributed by atoms with Crippen LogP contribution in [0.3, 0.4) is 0 Å². The summed E-state index contributed by atoms with van der Waals surface area (Å²) in [5.41, 5.74) is 1.65. The van der Waals surface area contributed by atoms with E-state index in [1.165, 1.54) is 0 Å². The molecule has 4 nitrogen and oxygen atoms in total. The number of fused-ring (bicyclic) bond motifs is 1. The number of hydrogen-bond acceptors (Lipinski definition) is 4. The number of nitrogens with one attached hydrogen (secondary N) is 1. The van der Waals surface area contributed by atoms with Gasteiger partial charge in [-0.25, -0.2) is 0 Å². The van der Waals surface area contributed by atoms with Crippen LogP contribution in [0, 0.1) is 0 Å². The molecule has 0 spiro atoms. The summed E-state index contributed by atoms with van der Waals surface area (Å²) in [4.78, 5) is 0. The summed E-state index contributed by atoms with van der Waals surface area (Å²) in [6.07, 6.45) is 1.67. The van der Waals surface area contributed by atoms with Crippen molar-refractivity contribution in [2.45, 2.75) is 0 Å². The SMILES string of the molecule is OB1NN=Cc2cc(Oc3ccccc3)ccc21. The van der Waals surface area contributed by atoms with E-state index in [9.17, 15) is 5.02 Å². The summed E-state index contributed by atoms with van der Waals surface area (Å²) in [5, 5.41) is 16.1. The Kier molecular flexibility index (Phi) is 2.74. The Morgan fingerprint density at radius 2 is 1.89 bits per heavy atom. The largest absolute Gasteiger partial charge is 0.464 e. The summed E-state index contributed by atoms with van der Waals surface area (Å²) < 4.78 is 5.72. The lowest BCUT2D eigenvalue weighted by Crippen LogP contribution is -2.46. The van der Waals surface area contributed by atoms with E-state index in [2.05, 4.69) is 10.4 Å². The molecule has 0 bridgehead atoms. The van der Waals surface area contributed by atoms with Gasteiger partial charge in [0.1, 0.15) is 11.5 Å². The predicted octanol–water partition coefficient (Wildman–Crippen LogP) is 1.10. The number of hydrogen-bond donors (Lipinski definition) is 2. The number of rotatable bonds is 2. The van der Waals surface area contributed by atoms with Gasteiger partial charge in [0.15, 0.2) is 0 Å². The van der Waals surface area contributed by atoms with Crippen molar-refractivity contribution in [1.29, 1.82) is 0 Å². The molecule has 0 unspecified atom stereocenters. The first kappa shape index (κ1) is 10.9. The van der Waals surface area contributed by atoms with E-state index in [4.69, 9.17) is 4.74 Å². The number of ether oxygens (including phenoxy) is 1. The molecule has 5 heteroatoms. The van der Waals surface area contributed by atoms with Crippen molar-refractivity contribution >= 4 is 18.7 Å². The van der Waals surface area contributed by atoms with Gasteiger partial charge in [-0.05, 0) is 35.3 Å². The summed E-state index contributed by atoms with van der Waals surface area (Å²) in [6, 6.07) is 15.1. The van der Waals surface area contributed by atoms with Gasteiger partial charge in [0.2, 0.25) is 0 Å². The maximum absolute atomic E-state index is 9.68. The second kappa shape index (κ2) is 4.54. The minimum atomic E-state index is -0.754. The molecule has 0 atom stereocenters. The smallest absolute Gasteiger partial charge is 0.457 e.